The highest BCUT2D eigenvalue weighted by Crippen LogP contribution is 2.17. The SMILES string of the molecule is Cc1noc(C)c1CC(C)C(=O)NCC(C)CC(C)O. The van der Waals surface area contributed by atoms with Crippen LogP contribution in [0.1, 0.15) is 44.2 Å². The van der Waals surface area contributed by atoms with Gasteiger partial charge in [0.25, 0.3) is 0 Å². The number of aliphatic hydroxyl groups is 1. The molecule has 0 saturated heterocycles. The fourth-order valence-corrected chi connectivity index (χ4v) is 2.31. The normalized spacial score (nSPS) is 15.7. The number of amides is 1. The van der Waals surface area contributed by atoms with Crippen LogP contribution in [-0.2, 0) is 11.2 Å². The summed E-state index contributed by atoms with van der Waals surface area (Å²) in [5.74, 6) is 0.961. The number of nitrogens with zero attached hydrogens (tertiary/aromatic N) is 1. The maximum atomic E-state index is 12.1. The van der Waals surface area contributed by atoms with Gasteiger partial charge in [0.2, 0.25) is 5.91 Å². The second-order valence-corrected chi connectivity index (χ2v) is 5.84. The molecular weight excluding hydrogens is 256 g/mol. The molecule has 0 bridgehead atoms. The zero-order valence-electron chi connectivity index (χ0n) is 13.1. The van der Waals surface area contributed by atoms with Gasteiger partial charge in [-0.25, -0.2) is 0 Å². The van der Waals surface area contributed by atoms with Crippen molar-refractivity contribution in [3.63, 3.8) is 0 Å². The van der Waals surface area contributed by atoms with E-state index in [0.29, 0.717) is 19.4 Å². The first-order valence-corrected chi connectivity index (χ1v) is 7.18. The molecule has 114 valence electrons. The highest BCUT2D eigenvalue weighted by molar-refractivity contribution is 5.78. The summed E-state index contributed by atoms with van der Waals surface area (Å²) in [5.41, 5.74) is 1.87. The number of aryl methyl sites for hydroxylation is 2. The number of hydrogen-bond acceptors (Lipinski definition) is 4. The number of aliphatic hydroxyl groups excluding tert-OH is 1. The van der Waals surface area contributed by atoms with Gasteiger partial charge in [-0.2, -0.15) is 0 Å². The summed E-state index contributed by atoms with van der Waals surface area (Å²) in [6.07, 6.45) is 0.998. The third-order valence-electron chi connectivity index (χ3n) is 3.51. The van der Waals surface area contributed by atoms with Gasteiger partial charge in [0.05, 0.1) is 11.8 Å². The first-order chi connectivity index (χ1) is 9.31. The van der Waals surface area contributed by atoms with Gasteiger partial charge in [0.15, 0.2) is 0 Å². The average molecular weight is 282 g/mol. The van der Waals surface area contributed by atoms with E-state index in [1.54, 1.807) is 6.92 Å². The van der Waals surface area contributed by atoms with Crippen molar-refractivity contribution >= 4 is 5.91 Å². The molecule has 0 aliphatic heterocycles. The van der Waals surface area contributed by atoms with Gasteiger partial charge in [-0.1, -0.05) is 19.0 Å². The van der Waals surface area contributed by atoms with E-state index < -0.39 is 0 Å². The quantitative estimate of drug-likeness (QED) is 0.802. The number of aromatic nitrogens is 1. The Morgan fingerprint density at radius 1 is 1.35 bits per heavy atom. The van der Waals surface area contributed by atoms with Gasteiger partial charge in [-0.3, -0.25) is 4.79 Å². The average Bonchev–Trinajstić information content (AvgIpc) is 2.66. The lowest BCUT2D eigenvalue weighted by molar-refractivity contribution is -0.124. The summed E-state index contributed by atoms with van der Waals surface area (Å²) in [7, 11) is 0. The summed E-state index contributed by atoms with van der Waals surface area (Å²) in [6, 6.07) is 0. The lowest BCUT2D eigenvalue weighted by Gasteiger charge is -2.16. The molecule has 1 amide bonds. The van der Waals surface area contributed by atoms with Gasteiger partial charge in [-0.15, -0.1) is 0 Å². The number of carbonyl (C=O) groups is 1. The van der Waals surface area contributed by atoms with Crippen molar-refractivity contribution in [1.82, 2.24) is 10.5 Å². The van der Waals surface area contributed by atoms with Crippen molar-refractivity contribution in [2.75, 3.05) is 6.54 Å². The molecule has 2 N–H and O–H groups in total. The molecule has 5 nitrogen and oxygen atoms in total. The maximum absolute atomic E-state index is 12.1. The molecule has 0 aliphatic rings. The zero-order chi connectivity index (χ0) is 15.3. The molecule has 0 fully saturated rings. The minimum absolute atomic E-state index is 0.0300. The van der Waals surface area contributed by atoms with Gasteiger partial charge < -0.3 is 14.9 Å². The minimum Gasteiger partial charge on any atom is -0.393 e. The minimum atomic E-state index is -0.332. The van der Waals surface area contributed by atoms with Crippen LogP contribution in [0.5, 0.6) is 0 Å². The summed E-state index contributed by atoms with van der Waals surface area (Å²) >= 11 is 0. The Morgan fingerprint density at radius 3 is 2.50 bits per heavy atom. The van der Waals surface area contributed by atoms with Crippen molar-refractivity contribution in [3.8, 4) is 0 Å². The molecule has 3 atom stereocenters. The molecule has 3 unspecified atom stereocenters. The molecule has 1 aromatic heterocycles. The van der Waals surface area contributed by atoms with Crippen molar-refractivity contribution in [1.29, 1.82) is 0 Å². The monoisotopic (exact) mass is 282 g/mol. The predicted octanol–water partition coefficient (Wildman–Crippen LogP) is 1.99. The zero-order valence-corrected chi connectivity index (χ0v) is 13.1. The van der Waals surface area contributed by atoms with Crippen LogP contribution in [0.25, 0.3) is 0 Å². The molecule has 20 heavy (non-hydrogen) atoms. The standard InChI is InChI=1S/C15H26N2O3/c1-9(6-11(3)18)8-16-15(19)10(2)7-14-12(4)17-20-13(14)5/h9-11,18H,6-8H2,1-5H3,(H,16,19). The number of hydrogen-bond donors (Lipinski definition) is 2. The van der Waals surface area contributed by atoms with E-state index in [1.807, 2.05) is 27.7 Å². The van der Waals surface area contributed by atoms with Crippen LogP contribution in [0.3, 0.4) is 0 Å². The van der Waals surface area contributed by atoms with Gasteiger partial charge >= 0.3 is 0 Å². The largest absolute Gasteiger partial charge is 0.393 e. The first-order valence-electron chi connectivity index (χ1n) is 7.18. The highest BCUT2D eigenvalue weighted by atomic mass is 16.5. The van der Waals surface area contributed by atoms with Gasteiger partial charge in [0.1, 0.15) is 5.76 Å². The number of carbonyl (C=O) groups excluding carboxylic acids is 1. The molecule has 0 aromatic carbocycles. The predicted molar refractivity (Wildman–Crippen MR) is 77.3 cm³/mol. The molecule has 1 heterocycles. The fourth-order valence-electron chi connectivity index (χ4n) is 2.31. The Morgan fingerprint density at radius 2 is 2.00 bits per heavy atom. The molecule has 5 heteroatoms. The fraction of sp³-hybridized carbons (Fsp3) is 0.733. The van der Waals surface area contributed by atoms with Gasteiger partial charge in [0, 0.05) is 18.0 Å². The van der Waals surface area contributed by atoms with Crippen LogP contribution in [-0.4, -0.2) is 28.8 Å². The van der Waals surface area contributed by atoms with Crippen molar-refractivity contribution < 1.29 is 14.4 Å². The molecular formula is C15H26N2O3. The van der Waals surface area contributed by atoms with E-state index in [1.165, 1.54) is 0 Å². The lowest BCUT2D eigenvalue weighted by Crippen LogP contribution is -2.34. The van der Waals surface area contributed by atoms with Gasteiger partial charge in [-0.05, 0) is 39.5 Å². The Hall–Kier alpha value is -1.36. The Kier molecular flexibility index (Phi) is 6.20. The molecule has 1 aromatic rings. The number of nitrogens with one attached hydrogen (secondary N) is 1. The van der Waals surface area contributed by atoms with E-state index >= 15 is 0 Å². The van der Waals surface area contributed by atoms with Crippen molar-refractivity contribution in [2.24, 2.45) is 11.8 Å². The molecule has 0 spiro atoms. The molecule has 0 saturated carbocycles. The van der Waals surface area contributed by atoms with Crippen LogP contribution in [0.4, 0.5) is 0 Å². The van der Waals surface area contributed by atoms with E-state index in [2.05, 4.69) is 10.5 Å². The second-order valence-electron chi connectivity index (χ2n) is 5.84. The summed E-state index contributed by atoms with van der Waals surface area (Å²) in [4.78, 5) is 12.1. The van der Waals surface area contributed by atoms with Crippen LogP contribution in [0, 0.1) is 25.7 Å². The second kappa shape index (κ2) is 7.43. The van der Waals surface area contributed by atoms with Crippen LogP contribution in [0.15, 0.2) is 4.52 Å². The van der Waals surface area contributed by atoms with E-state index in [4.69, 9.17) is 4.52 Å². The highest BCUT2D eigenvalue weighted by Gasteiger charge is 2.19. The van der Waals surface area contributed by atoms with Crippen molar-refractivity contribution in [3.05, 3.63) is 17.0 Å². The molecule has 1 rings (SSSR count). The summed E-state index contributed by atoms with van der Waals surface area (Å²) in [6.45, 7) is 10.0. The number of rotatable bonds is 7. The smallest absolute Gasteiger partial charge is 0.223 e. The molecule has 0 aliphatic carbocycles. The first kappa shape index (κ1) is 16.7. The third-order valence-corrected chi connectivity index (χ3v) is 3.51. The lowest BCUT2D eigenvalue weighted by atomic mass is 9.98. The van der Waals surface area contributed by atoms with Crippen LogP contribution in [0.2, 0.25) is 0 Å². The Labute approximate surface area is 120 Å². The Bertz CT molecular complexity index is 421. The molecule has 0 radical (unpaired) electrons. The van der Waals surface area contributed by atoms with Crippen molar-refractivity contribution in [2.45, 2.75) is 53.6 Å². The third kappa shape index (κ3) is 4.96. The van der Waals surface area contributed by atoms with E-state index in [9.17, 15) is 9.90 Å². The van der Waals surface area contributed by atoms with E-state index in [0.717, 1.165) is 17.0 Å². The van der Waals surface area contributed by atoms with Crippen LogP contribution < -0.4 is 5.32 Å². The van der Waals surface area contributed by atoms with Crippen LogP contribution >= 0.6 is 0 Å². The summed E-state index contributed by atoms with van der Waals surface area (Å²) < 4.78 is 5.11. The maximum Gasteiger partial charge on any atom is 0.223 e. The Balaban J connectivity index is 2.44. The topological polar surface area (TPSA) is 75.4 Å². The summed E-state index contributed by atoms with van der Waals surface area (Å²) in [5, 5.41) is 16.1. The van der Waals surface area contributed by atoms with E-state index in [-0.39, 0.29) is 23.8 Å².